The Balaban J connectivity index is 1.48. The quantitative estimate of drug-likeness (QED) is 0.528. The van der Waals surface area contributed by atoms with Gasteiger partial charge in [0.05, 0.1) is 26.3 Å². The van der Waals surface area contributed by atoms with Crippen molar-refractivity contribution >= 4 is 17.8 Å². The van der Waals surface area contributed by atoms with Gasteiger partial charge in [-0.05, 0) is 23.5 Å². The number of hydrazine groups is 1. The number of rotatable bonds is 9. The molecule has 0 radical (unpaired) electrons. The van der Waals surface area contributed by atoms with E-state index >= 15 is 0 Å². The van der Waals surface area contributed by atoms with Crippen molar-refractivity contribution < 1.29 is 19.1 Å². The van der Waals surface area contributed by atoms with Crippen molar-refractivity contribution in [3.8, 4) is 0 Å². The first-order chi connectivity index (χ1) is 17.8. The molecule has 2 heterocycles. The molecule has 37 heavy (non-hydrogen) atoms. The fraction of sp³-hybridized carbons (Fsp3) is 0.464. The molecule has 198 valence electrons. The van der Waals surface area contributed by atoms with E-state index in [1.54, 1.807) is 26.9 Å². The van der Waals surface area contributed by atoms with E-state index < -0.39 is 12.2 Å². The number of carbonyl (C=O) groups is 3. The topological polar surface area (TPSA) is 85.4 Å². The molecular weight excluding hydrogens is 470 g/mol. The summed E-state index contributed by atoms with van der Waals surface area (Å²) < 4.78 is 5.85. The molecule has 0 saturated carbocycles. The highest BCUT2D eigenvalue weighted by atomic mass is 16.5. The number of nitrogens with zero attached hydrogens (tertiary/aromatic N) is 4. The summed E-state index contributed by atoms with van der Waals surface area (Å²) in [6, 6.07) is 18.7. The van der Waals surface area contributed by atoms with Crippen LogP contribution >= 0.6 is 0 Å². The molecule has 2 aromatic carbocycles. The summed E-state index contributed by atoms with van der Waals surface area (Å²) in [7, 11) is 1.73. The largest absolute Gasteiger partial charge is 0.375 e. The lowest BCUT2D eigenvalue weighted by molar-refractivity contribution is -0.188. The minimum Gasteiger partial charge on any atom is -0.375 e. The number of ether oxygens (including phenoxy) is 1. The molecule has 4 amide bonds. The molecule has 1 N–H and O–H groups in total. The molecule has 9 heteroatoms. The van der Waals surface area contributed by atoms with Crippen LogP contribution in [0.2, 0.25) is 0 Å². The highest BCUT2D eigenvalue weighted by molar-refractivity contribution is 5.91. The van der Waals surface area contributed by atoms with E-state index in [0.29, 0.717) is 32.7 Å². The summed E-state index contributed by atoms with van der Waals surface area (Å²) in [6.07, 6.45) is -0.0522. The zero-order valence-corrected chi connectivity index (χ0v) is 21.9. The number of carbonyl (C=O) groups excluding carboxylic acids is 3. The van der Waals surface area contributed by atoms with Crippen molar-refractivity contribution in [3.05, 3.63) is 71.8 Å². The van der Waals surface area contributed by atoms with Crippen LogP contribution in [0.4, 0.5) is 4.79 Å². The van der Waals surface area contributed by atoms with Crippen LogP contribution in [-0.4, -0.2) is 83.2 Å². The number of likely N-dealkylation sites (N-methyl/N-ethyl adjacent to an activating group) is 1. The van der Waals surface area contributed by atoms with Gasteiger partial charge in [0.2, 0.25) is 11.8 Å². The Morgan fingerprint density at radius 3 is 2.32 bits per heavy atom. The zero-order chi connectivity index (χ0) is 26.4. The molecule has 0 spiro atoms. The predicted octanol–water partition coefficient (Wildman–Crippen LogP) is 2.69. The molecule has 0 unspecified atom stereocenters. The van der Waals surface area contributed by atoms with Crippen molar-refractivity contribution in [2.45, 2.75) is 45.6 Å². The van der Waals surface area contributed by atoms with Crippen LogP contribution in [0.25, 0.3) is 0 Å². The Labute approximate surface area is 218 Å². The number of urea groups is 1. The van der Waals surface area contributed by atoms with Gasteiger partial charge in [-0.2, -0.15) is 0 Å². The van der Waals surface area contributed by atoms with E-state index in [4.69, 9.17) is 4.74 Å². The lowest BCUT2D eigenvalue weighted by Gasteiger charge is -2.54. The van der Waals surface area contributed by atoms with Crippen LogP contribution in [0.3, 0.4) is 0 Å². The third kappa shape index (κ3) is 6.47. The van der Waals surface area contributed by atoms with E-state index in [2.05, 4.69) is 5.32 Å². The third-order valence-corrected chi connectivity index (χ3v) is 6.75. The molecule has 0 bridgehead atoms. The second-order valence-electron chi connectivity index (χ2n) is 10.1. The molecule has 2 atom stereocenters. The molecule has 2 saturated heterocycles. The van der Waals surface area contributed by atoms with Gasteiger partial charge < -0.3 is 19.9 Å². The van der Waals surface area contributed by atoms with Crippen LogP contribution in [0.1, 0.15) is 31.4 Å². The number of benzene rings is 2. The predicted molar refractivity (Wildman–Crippen MR) is 140 cm³/mol. The monoisotopic (exact) mass is 507 g/mol. The van der Waals surface area contributed by atoms with Crippen molar-refractivity contribution in [2.24, 2.45) is 5.92 Å². The van der Waals surface area contributed by atoms with Crippen LogP contribution in [0.5, 0.6) is 0 Å². The summed E-state index contributed by atoms with van der Waals surface area (Å²) in [4.78, 5) is 43.5. The Morgan fingerprint density at radius 2 is 1.68 bits per heavy atom. The lowest BCUT2D eigenvalue weighted by Crippen LogP contribution is -2.76. The molecule has 0 aliphatic carbocycles. The SMILES string of the molecule is CC(C)C[C@H]1C(=O)N(CCOCc2ccccc2)C[C@H]2N1C(=O)CN(C)N2C(=O)NCc1ccccc1. The minimum absolute atomic E-state index is 0.0390. The average Bonchev–Trinajstić information content (AvgIpc) is 2.88. The maximum atomic E-state index is 13.5. The fourth-order valence-electron chi connectivity index (χ4n) is 4.98. The summed E-state index contributed by atoms with van der Waals surface area (Å²) in [6.45, 7) is 5.94. The van der Waals surface area contributed by atoms with Crippen LogP contribution in [-0.2, 0) is 27.5 Å². The Hall–Kier alpha value is -3.43. The molecule has 2 aliphatic rings. The minimum atomic E-state index is -0.613. The lowest BCUT2D eigenvalue weighted by atomic mass is 9.97. The second-order valence-corrected chi connectivity index (χ2v) is 10.1. The summed E-state index contributed by atoms with van der Waals surface area (Å²) >= 11 is 0. The fourth-order valence-corrected chi connectivity index (χ4v) is 4.98. The molecule has 9 nitrogen and oxygen atoms in total. The van der Waals surface area contributed by atoms with E-state index in [1.165, 1.54) is 0 Å². The normalized spacial score (nSPS) is 20.4. The first-order valence-corrected chi connectivity index (χ1v) is 12.9. The Kier molecular flexibility index (Phi) is 8.78. The van der Waals surface area contributed by atoms with Crippen molar-refractivity contribution in [2.75, 3.05) is 33.3 Å². The summed E-state index contributed by atoms with van der Waals surface area (Å²) in [5.41, 5.74) is 2.05. The zero-order valence-electron chi connectivity index (χ0n) is 21.9. The van der Waals surface area contributed by atoms with E-state index in [1.807, 2.05) is 74.5 Å². The van der Waals surface area contributed by atoms with Gasteiger partial charge in [-0.1, -0.05) is 74.5 Å². The van der Waals surface area contributed by atoms with Crippen LogP contribution in [0, 0.1) is 5.92 Å². The number of piperazine rings is 1. The van der Waals surface area contributed by atoms with E-state index in [-0.39, 0.29) is 36.9 Å². The van der Waals surface area contributed by atoms with Gasteiger partial charge in [0.25, 0.3) is 0 Å². The van der Waals surface area contributed by atoms with Crippen LogP contribution < -0.4 is 5.32 Å². The smallest absolute Gasteiger partial charge is 0.334 e. The molecule has 0 aromatic heterocycles. The number of hydrogen-bond donors (Lipinski definition) is 1. The molecule has 2 aromatic rings. The number of nitrogens with one attached hydrogen (secondary N) is 1. The number of hydrogen-bond acceptors (Lipinski definition) is 5. The second kappa shape index (κ2) is 12.2. The van der Waals surface area contributed by atoms with Gasteiger partial charge in [-0.25, -0.2) is 14.8 Å². The first kappa shape index (κ1) is 26.6. The van der Waals surface area contributed by atoms with Gasteiger partial charge in [0.15, 0.2) is 0 Å². The highest BCUT2D eigenvalue weighted by Crippen LogP contribution is 2.28. The number of amides is 4. The van der Waals surface area contributed by atoms with Gasteiger partial charge in [-0.3, -0.25) is 9.59 Å². The molecule has 2 aliphatic heterocycles. The van der Waals surface area contributed by atoms with E-state index in [0.717, 1.165) is 11.1 Å². The Bertz CT molecular complexity index is 1060. The van der Waals surface area contributed by atoms with Crippen molar-refractivity contribution in [1.82, 2.24) is 25.1 Å². The highest BCUT2D eigenvalue weighted by Gasteiger charge is 2.50. The maximum absolute atomic E-state index is 13.5. The third-order valence-electron chi connectivity index (χ3n) is 6.75. The van der Waals surface area contributed by atoms with Gasteiger partial charge in [-0.15, -0.1) is 0 Å². The summed E-state index contributed by atoms with van der Waals surface area (Å²) in [5.74, 6) is -0.0221. The molecule has 4 rings (SSSR count). The number of fused-ring (bicyclic) bond motifs is 1. The first-order valence-electron chi connectivity index (χ1n) is 12.9. The summed E-state index contributed by atoms with van der Waals surface area (Å²) in [5, 5.41) is 6.21. The maximum Gasteiger partial charge on any atom is 0.334 e. The van der Waals surface area contributed by atoms with Crippen molar-refractivity contribution in [3.63, 3.8) is 0 Å². The van der Waals surface area contributed by atoms with Crippen LogP contribution in [0.15, 0.2) is 60.7 Å². The molecule has 2 fully saturated rings. The van der Waals surface area contributed by atoms with Crippen molar-refractivity contribution in [1.29, 1.82) is 0 Å². The standard InChI is InChI=1S/C28H37N5O4/c1-21(2)16-24-27(35)31(14-15-37-20-23-12-8-5-9-13-23)18-25-32(24)26(34)19-30(3)33(25)28(36)29-17-22-10-6-4-7-11-22/h4-13,21,24-25H,14-20H2,1-3H3,(H,29,36)/t24-,25-/m0/s1. The molecular formula is C28H37N5O4. The average molecular weight is 508 g/mol. The van der Waals surface area contributed by atoms with Gasteiger partial charge in [0, 0.05) is 20.1 Å². The van der Waals surface area contributed by atoms with Gasteiger partial charge >= 0.3 is 6.03 Å². The van der Waals surface area contributed by atoms with Gasteiger partial charge in [0.1, 0.15) is 12.2 Å². The van der Waals surface area contributed by atoms with E-state index in [9.17, 15) is 14.4 Å². The Morgan fingerprint density at radius 1 is 1.03 bits per heavy atom.